The van der Waals surface area contributed by atoms with Gasteiger partial charge in [-0.15, -0.1) is 0 Å². The number of halogens is 1. The number of hydrogen-bond donors (Lipinski definition) is 1. The lowest BCUT2D eigenvalue weighted by molar-refractivity contribution is -0.133. The van der Waals surface area contributed by atoms with Crippen LogP contribution in [0.5, 0.6) is 16.7 Å². The van der Waals surface area contributed by atoms with Gasteiger partial charge in [0, 0.05) is 31.6 Å². The average Bonchev–Trinajstić information content (AvgIpc) is 3.31. The predicted molar refractivity (Wildman–Crippen MR) is 122 cm³/mol. The Labute approximate surface area is 190 Å². The van der Waals surface area contributed by atoms with E-state index in [4.69, 9.17) is 9.47 Å². The number of ether oxygens (including phenoxy) is 2. The Kier molecular flexibility index (Phi) is 5.97. The van der Waals surface area contributed by atoms with Gasteiger partial charge < -0.3 is 19.7 Å². The number of nitrogens with one attached hydrogen (secondary N) is 1. The minimum absolute atomic E-state index is 0.210. The lowest BCUT2D eigenvalue weighted by atomic mass is 9.97. The first-order valence-electron chi connectivity index (χ1n) is 11.0. The van der Waals surface area contributed by atoms with Crippen molar-refractivity contribution in [3.05, 3.63) is 48.3 Å². The molecular weight excluding hydrogens is 429 g/mol. The third-order valence-electron chi connectivity index (χ3n) is 6.28. The summed E-state index contributed by atoms with van der Waals surface area (Å²) in [6.45, 7) is 3.02. The molecule has 8 heteroatoms. The Hall–Kier alpha value is -2.71. The number of fused-ring (bicyclic) bond motifs is 3. The molecule has 1 amide bonds. The van der Waals surface area contributed by atoms with Crippen molar-refractivity contribution in [1.82, 2.24) is 15.2 Å². The molecule has 1 aromatic heterocycles. The highest BCUT2D eigenvalue weighted by Gasteiger charge is 2.41. The minimum Gasteiger partial charge on any atom is -0.492 e. The van der Waals surface area contributed by atoms with Gasteiger partial charge in [0.2, 0.25) is 5.91 Å². The summed E-state index contributed by atoms with van der Waals surface area (Å²) in [7, 11) is 0. The number of amides is 1. The highest BCUT2D eigenvalue weighted by atomic mass is 32.1. The van der Waals surface area contributed by atoms with Crippen LogP contribution in [0.25, 0.3) is 10.2 Å². The summed E-state index contributed by atoms with van der Waals surface area (Å²) in [4.78, 5) is 18.2. The van der Waals surface area contributed by atoms with Crippen molar-refractivity contribution in [3.63, 3.8) is 0 Å². The molecule has 0 aliphatic carbocycles. The molecule has 1 N–H and O–H groups in total. The second kappa shape index (κ2) is 9.03. The van der Waals surface area contributed by atoms with Crippen LogP contribution in [0.1, 0.15) is 32.6 Å². The van der Waals surface area contributed by atoms with Crippen molar-refractivity contribution in [1.29, 1.82) is 0 Å². The molecule has 3 atom stereocenters. The van der Waals surface area contributed by atoms with Crippen LogP contribution in [0, 0.1) is 5.82 Å². The molecule has 3 aromatic rings. The number of carbonyl (C=O) groups is 1. The summed E-state index contributed by atoms with van der Waals surface area (Å²) in [5, 5.41) is 4.00. The van der Waals surface area contributed by atoms with E-state index in [9.17, 15) is 9.18 Å². The van der Waals surface area contributed by atoms with E-state index in [1.165, 1.54) is 17.4 Å². The lowest BCUT2D eigenvalue weighted by Crippen LogP contribution is -2.51. The smallest absolute Gasteiger partial charge is 0.279 e. The van der Waals surface area contributed by atoms with E-state index in [-0.39, 0.29) is 11.7 Å². The largest absolute Gasteiger partial charge is 0.492 e. The summed E-state index contributed by atoms with van der Waals surface area (Å²) in [6.07, 6.45) is 4.30. The molecular formula is C24H26FN3O3S. The Bertz CT molecular complexity index is 1090. The van der Waals surface area contributed by atoms with Crippen LogP contribution in [0.3, 0.4) is 0 Å². The summed E-state index contributed by atoms with van der Waals surface area (Å²) in [5.41, 5.74) is 0.595. The molecule has 3 heterocycles. The Morgan fingerprint density at radius 3 is 2.56 bits per heavy atom. The normalized spacial score (nSPS) is 22.3. The Morgan fingerprint density at radius 1 is 1.16 bits per heavy atom. The summed E-state index contributed by atoms with van der Waals surface area (Å²) in [5.74, 6) is 1.31. The SMILES string of the molecule is CC(=O)N1[C@@H]2CC[C@H]1CC(NCCOc1ccc(Oc3nc4cccc(F)c4s3)cc1)C2. The molecule has 2 fully saturated rings. The maximum atomic E-state index is 13.8. The molecule has 0 radical (unpaired) electrons. The molecule has 32 heavy (non-hydrogen) atoms. The molecule has 6 nitrogen and oxygen atoms in total. The monoisotopic (exact) mass is 455 g/mol. The molecule has 0 spiro atoms. The van der Waals surface area contributed by atoms with Crippen molar-refractivity contribution in [2.75, 3.05) is 13.2 Å². The third-order valence-corrected chi connectivity index (χ3v) is 7.23. The fourth-order valence-corrected chi connectivity index (χ4v) is 5.77. The molecule has 5 rings (SSSR count). The second-order valence-electron chi connectivity index (χ2n) is 8.42. The molecule has 2 aromatic carbocycles. The van der Waals surface area contributed by atoms with Crippen molar-refractivity contribution in [2.24, 2.45) is 0 Å². The fraction of sp³-hybridized carbons (Fsp3) is 0.417. The molecule has 0 saturated carbocycles. The van der Waals surface area contributed by atoms with Crippen LogP contribution >= 0.6 is 11.3 Å². The first-order valence-corrected chi connectivity index (χ1v) is 11.9. The molecule has 2 saturated heterocycles. The van der Waals surface area contributed by atoms with Crippen LogP contribution in [0.4, 0.5) is 4.39 Å². The van der Waals surface area contributed by atoms with E-state index >= 15 is 0 Å². The van der Waals surface area contributed by atoms with Gasteiger partial charge in [0.1, 0.15) is 23.9 Å². The van der Waals surface area contributed by atoms with E-state index in [0.29, 0.717) is 45.9 Å². The highest BCUT2D eigenvalue weighted by molar-refractivity contribution is 7.20. The Balaban J connectivity index is 1.08. The summed E-state index contributed by atoms with van der Waals surface area (Å²) >= 11 is 1.19. The topological polar surface area (TPSA) is 63.7 Å². The van der Waals surface area contributed by atoms with Gasteiger partial charge in [-0.05, 0) is 62.1 Å². The number of thiazole rings is 1. The van der Waals surface area contributed by atoms with E-state index in [1.54, 1.807) is 19.1 Å². The molecule has 1 unspecified atom stereocenters. The number of hydrogen-bond acceptors (Lipinski definition) is 6. The maximum Gasteiger partial charge on any atom is 0.279 e. The van der Waals surface area contributed by atoms with E-state index in [2.05, 4.69) is 15.2 Å². The van der Waals surface area contributed by atoms with Gasteiger partial charge in [0.05, 0.1) is 10.2 Å². The molecule has 168 valence electrons. The molecule has 2 bridgehead atoms. The zero-order valence-electron chi connectivity index (χ0n) is 17.9. The number of benzene rings is 2. The number of nitrogens with zero attached hydrogens (tertiary/aromatic N) is 2. The number of carbonyl (C=O) groups excluding carboxylic acids is 1. The Morgan fingerprint density at radius 2 is 1.88 bits per heavy atom. The predicted octanol–water partition coefficient (Wildman–Crippen LogP) is 4.74. The summed E-state index contributed by atoms with van der Waals surface area (Å²) < 4.78 is 25.9. The van der Waals surface area contributed by atoms with Gasteiger partial charge in [0.25, 0.3) is 5.19 Å². The fourth-order valence-electron chi connectivity index (χ4n) is 4.93. The zero-order chi connectivity index (χ0) is 22.1. The molecule has 2 aliphatic heterocycles. The van der Waals surface area contributed by atoms with Crippen molar-refractivity contribution in [2.45, 2.75) is 50.7 Å². The lowest BCUT2D eigenvalue weighted by Gasteiger charge is -2.38. The van der Waals surface area contributed by atoms with Crippen LogP contribution in [0.2, 0.25) is 0 Å². The summed E-state index contributed by atoms with van der Waals surface area (Å²) in [6, 6.07) is 13.4. The molecule has 2 aliphatic rings. The second-order valence-corrected chi connectivity index (χ2v) is 9.39. The zero-order valence-corrected chi connectivity index (χ0v) is 18.7. The van der Waals surface area contributed by atoms with E-state index in [1.807, 2.05) is 24.3 Å². The van der Waals surface area contributed by atoms with Crippen LogP contribution in [-0.2, 0) is 4.79 Å². The highest BCUT2D eigenvalue weighted by Crippen LogP contribution is 2.36. The van der Waals surface area contributed by atoms with Gasteiger partial charge >= 0.3 is 0 Å². The first-order chi connectivity index (χ1) is 15.6. The van der Waals surface area contributed by atoms with Crippen LogP contribution in [-0.4, -0.2) is 47.1 Å². The van der Waals surface area contributed by atoms with E-state index < -0.39 is 0 Å². The quantitative estimate of drug-likeness (QED) is 0.522. The van der Waals surface area contributed by atoms with Crippen LogP contribution in [0.15, 0.2) is 42.5 Å². The third kappa shape index (κ3) is 4.42. The van der Waals surface area contributed by atoms with Gasteiger partial charge in [0.15, 0.2) is 0 Å². The van der Waals surface area contributed by atoms with Gasteiger partial charge in [-0.25, -0.2) is 9.37 Å². The number of piperidine rings is 1. The van der Waals surface area contributed by atoms with Gasteiger partial charge in [-0.1, -0.05) is 17.4 Å². The van der Waals surface area contributed by atoms with Crippen molar-refractivity contribution >= 4 is 27.5 Å². The average molecular weight is 456 g/mol. The van der Waals surface area contributed by atoms with E-state index in [0.717, 1.165) is 38.0 Å². The van der Waals surface area contributed by atoms with Gasteiger partial charge in [-0.3, -0.25) is 4.79 Å². The number of aromatic nitrogens is 1. The minimum atomic E-state index is -0.288. The maximum absolute atomic E-state index is 13.8. The van der Waals surface area contributed by atoms with Gasteiger partial charge in [-0.2, -0.15) is 0 Å². The van der Waals surface area contributed by atoms with Crippen molar-refractivity contribution in [3.8, 4) is 16.7 Å². The van der Waals surface area contributed by atoms with Crippen molar-refractivity contribution < 1.29 is 18.7 Å². The first kappa shape index (κ1) is 21.2. The van der Waals surface area contributed by atoms with Crippen LogP contribution < -0.4 is 14.8 Å². The number of rotatable bonds is 7. The standard InChI is InChI=1S/C24H26FN3O3S/c1-15(29)28-17-5-6-18(28)14-16(13-17)26-11-12-30-19-7-9-20(10-8-19)31-24-27-22-4-2-3-21(25)23(22)32-24/h2-4,7-10,16-18,26H,5-6,11-14H2,1H3/t16?,17-,18+.